The molecule has 0 spiro atoms. The van der Waals surface area contributed by atoms with Gasteiger partial charge in [-0.2, -0.15) is 13.8 Å². The molecule has 25 heavy (non-hydrogen) atoms. The number of aliphatic hydroxyl groups is 2. The number of ether oxygens (including phenoxy) is 1. The van der Waals surface area contributed by atoms with Crippen molar-refractivity contribution in [3.8, 4) is 0 Å². The van der Waals surface area contributed by atoms with Crippen LogP contribution in [0.2, 0.25) is 0 Å². The number of ketones is 1. The van der Waals surface area contributed by atoms with E-state index in [-0.39, 0.29) is 24.4 Å². The minimum Gasteiger partial charge on any atom is -0.394 e. The summed E-state index contributed by atoms with van der Waals surface area (Å²) in [6.07, 6.45) is -5.11. The Morgan fingerprint density at radius 1 is 1.44 bits per heavy atom. The normalized spacial score (nSPS) is 24.9. The molecule has 1 aliphatic rings. The number of nitrogens with one attached hydrogen (secondary N) is 1. The molecular formula is C14H17F2N3O6. The van der Waals surface area contributed by atoms with Crippen LogP contribution in [-0.4, -0.2) is 56.2 Å². The van der Waals surface area contributed by atoms with E-state index in [9.17, 15) is 28.3 Å². The van der Waals surface area contributed by atoms with E-state index in [0.717, 1.165) is 12.3 Å². The van der Waals surface area contributed by atoms with Gasteiger partial charge in [0.25, 0.3) is 0 Å². The van der Waals surface area contributed by atoms with E-state index in [4.69, 9.17) is 9.84 Å². The van der Waals surface area contributed by atoms with E-state index in [1.807, 2.05) is 0 Å². The number of alkyl halides is 2. The smallest absolute Gasteiger partial charge is 0.351 e. The molecule has 1 aromatic rings. The van der Waals surface area contributed by atoms with Crippen LogP contribution in [0.3, 0.4) is 0 Å². The number of halogens is 2. The lowest BCUT2D eigenvalue weighted by molar-refractivity contribution is -0.141. The van der Waals surface area contributed by atoms with Crippen molar-refractivity contribution in [2.24, 2.45) is 0 Å². The summed E-state index contributed by atoms with van der Waals surface area (Å²) in [5.74, 6) is -4.73. The zero-order chi connectivity index (χ0) is 18.8. The van der Waals surface area contributed by atoms with Crippen LogP contribution < -0.4 is 11.0 Å². The lowest BCUT2D eigenvalue weighted by atomic mass is 10.1. The molecule has 3 unspecified atom stereocenters. The zero-order valence-electron chi connectivity index (χ0n) is 13.2. The second-order valence-corrected chi connectivity index (χ2v) is 5.58. The fourth-order valence-corrected chi connectivity index (χ4v) is 2.27. The predicted octanol–water partition coefficient (Wildman–Crippen LogP) is -0.563. The monoisotopic (exact) mass is 361 g/mol. The minimum absolute atomic E-state index is 0.0193. The highest BCUT2D eigenvalue weighted by Gasteiger charge is 2.59. The van der Waals surface area contributed by atoms with Gasteiger partial charge in [-0.3, -0.25) is 9.36 Å². The number of aromatic nitrogens is 2. The first-order valence-corrected chi connectivity index (χ1v) is 7.37. The van der Waals surface area contributed by atoms with Crippen LogP contribution in [0.4, 0.5) is 14.6 Å². The molecule has 0 radical (unpaired) electrons. The fraction of sp³-hybridized carbons (Fsp3) is 0.571. The number of anilines is 1. The van der Waals surface area contributed by atoms with Crippen molar-refractivity contribution in [1.82, 2.24) is 9.55 Å². The number of hydrogen-bond acceptors (Lipinski definition) is 7. The Balaban J connectivity index is 2.16. The van der Waals surface area contributed by atoms with Gasteiger partial charge in [0.05, 0.1) is 6.61 Å². The van der Waals surface area contributed by atoms with Crippen LogP contribution in [0, 0.1) is 0 Å². The van der Waals surface area contributed by atoms with E-state index in [2.05, 4.69) is 10.3 Å². The molecule has 9 nitrogen and oxygen atoms in total. The van der Waals surface area contributed by atoms with E-state index in [0.29, 0.717) is 4.57 Å². The van der Waals surface area contributed by atoms with Crippen LogP contribution >= 0.6 is 0 Å². The number of rotatable bonds is 6. The maximum absolute atomic E-state index is 14.0. The molecule has 3 N–H and O–H groups in total. The molecule has 1 aromatic heterocycles. The molecule has 138 valence electrons. The molecule has 0 bridgehead atoms. The largest absolute Gasteiger partial charge is 0.394 e. The van der Waals surface area contributed by atoms with Gasteiger partial charge in [0.15, 0.2) is 6.10 Å². The summed E-state index contributed by atoms with van der Waals surface area (Å²) in [6, 6.07) is 1.10. The molecule has 1 fully saturated rings. The Hall–Kier alpha value is -2.24. The van der Waals surface area contributed by atoms with Gasteiger partial charge in [-0.25, -0.2) is 4.79 Å². The summed E-state index contributed by atoms with van der Waals surface area (Å²) < 4.78 is 33.3. The van der Waals surface area contributed by atoms with Crippen molar-refractivity contribution in [3.05, 3.63) is 22.7 Å². The highest BCUT2D eigenvalue weighted by Crippen LogP contribution is 2.41. The van der Waals surface area contributed by atoms with Crippen molar-refractivity contribution >= 4 is 17.5 Å². The molecule has 1 saturated heterocycles. The lowest BCUT2D eigenvalue weighted by Crippen LogP contribution is -2.41. The molecule has 3 atom stereocenters. The summed E-state index contributed by atoms with van der Waals surface area (Å²) in [7, 11) is 0. The molecule has 1 amide bonds. The SMILES string of the molecule is CC(=O)CCC(=O)Nc1ccn(C2OC(CO)C(O)C2(F)F)c(=O)n1. The van der Waals surface area contributed by atoms with Crippen molar-refractivity contribution < 1.29 is 33.3 Å². The second kappa shape index (κ2) is 7.33. The third-order valence-electron chi connectivity index (χ3n) is 3.61. The third kappa shape index (κ3) is 4.06. The third-order valence-corrected chi connectivity index (χ3v) is 3.61. The summed E-state index contributed by atoms with van der Waals surface area (Å²) in [6.45, 7) is 0.474. The first-order chi connectivity index (χ1) is 11.7. The van der Waals surface area contributed by atoms with Crippen molar-refractivity contribution in [1.29, 1.82) is 0 Å². The number of hydrogen-bond donors (Lipinski definition) is 3. The van der Waals surface area contributed by atoms with Gasteiger partial charge >= 0.3 is 11.6 Å². The average molecular weight is 361 g/mol. The first kappa shape index (κ1) is 19.1. The van der Waals surface area contributed by atoms with E-state index in [1.165, 1.54) is 6.92 Å². The molecule has 0 aliphatic carbocycles. The van der Waals surface area contributed by atoms with Gasteiger partial charge in [0, 0.05) is 19.0 Å². The molecule has 2 heterocycles. The molecule has 11 heteroatoms. The maximum atomic E-state index is 14.0. The van der Waals surface area contributed by atoms with Crippen LogP contribution in [0.15, 0.2) is 17.1 Å². The van der Waals surface area contributed by atoms with Crippen molar-refractivity contribution in [3.63, 3.8) is 0 Å². The Labute approximate surface area is 140 Å². The van der Waals surface area contributed by atoms with Gasteiger partial charge in [-0.1, -0.05) is 0 Å². The number of aliphatic hydroxyl groups excluding tert-OH is 2. The Bertz CT molecular complexity index is 723. The average Bonchev–Trinajstić information content (AvgIpc) is 2.76. The Kier molecular flexibility index (Phi) is 5.60. The number of Topliss-reactive ketones (excluding diaryl/α,β-unsaturated/α-hetero) is 1. The van der Waals surface area contributed by atoms with Crippen LogP contribution in [0.1, 0.15) is 26.0 Å². The van der Waals surface area contributed by atoms with E-state index in [1.54, 1.807) is 0 Å². The quantitative estimate of drug-likeness (QED) is 0.619. The standard InChI is InChI=1S/C14H17F2N3O6/c1-7(21)2-3-10(22)17-9-4-5-19(13(24)18-9)12-14(15,16)11(23)8(6-20)25-12/h4-5,8,11-12,20,23H,2-3,6H2,1H3,(H,17,18,22,24). The maximum Gasteiger partial charge on any atom is 0.351 e. The van der Waals surface area contributed by atoms with Crippen LogP contribution in [0.5, 0.6) is 0 Å². The van der Waals surface area contributed by atoms with Crippen molar-refractivity contribution in [2.75, 3.05) is 11.9 Å². The van der Waals surface area contributed by atoms with Gasteiger partial charge in [0.2, 0.25) is 12.1 Å². The fourth-order valence-electron chi connectivity index (χ4n) is 2.27. The Morgan fingerprint density at radius 3 is 2.64 bits per heavy atom. The summed E-state index contributed by atoms with van der Waals surface area (Å²) in [5.41, 5.74) is -1.14. The lowest BCUT2D eigenvalue weighted by Gasteiger charge is -2.21. The van der Waals surface area contributed by atoms with Gasteiger partial charge in [-0.05, 0) is 13.0 Å². The molecule has 0 aromatic carbocycles. The first-order valence-electron chi connectivity index (χ1n) is 7.37. The predicted molar refractivity (Wildman–Crippen MR) is 79.0 cm³/mol. The van der Waals surface area contributed by atoms with E-state index >= 15 is 0 Å². The molecule has 1 aliphatic heterocycles. The topological polar surface area (TPSA) is 131 Å². The zero-order valence-corrected chi connectivity index (χ0v) is 13.2. The number of carbonyl (C=O) groups excluding carboxylic acids is 2. The molecule has 0 saturated carbocycles. The summed E-state index contributed by atoms with van der Waals surface area (Å²) in [4.78, 5) is 37.8. The van der Waals surface area contributed by atoms with Gasteiger partial charge in [0.1, 0.15) is 17.7 Å². The number of nitrogens with zero attached hydrogens (tertiary/aromatic N) is 2. The highest BCUT2D eigenvalue weighted by atomic mass is 19.3. The van der Waals surface area contributed by atoms with Gasteiger partial charge in [-0.15, -0.1) is 0 Å². The van der Waals surface area contributed by atoms with Crippen molar-refractivity contribution in [2.45, 2.75) is 44.1 Å². The minimum atomic E-state index is -3.81. The number of carbonyl (C=O) groups is 2. The Morgan fingerprint density at radius 2 is 2.12 bits per heavy atom. The van der Waals surface area contributed by atoms with Gasteiger partial charge < -0.3 is 25.1 Å². The van der Waals surface area contributed by atoms with Crippen LogP contribution in [0.25, 0.3) is 0 Å². The summed E-state index contributed by atoms with van der Waals surface area (Å²) >= 11 is 0. The van der Waals surface area contributed by atoms with Crippen LogP contribution in [-0.2, 0) is 14.3 Å². The van der Waals surface area contributed by atoms with E-state index < -0.39 is 42.6 Å². The molecule has 2 rings (SSSR count). The highest BCUT2D eigenvalue weighted by molar-refractivity contribution is 5.92. The molecular weight excluding hydrogens is 344 g/mol. The summed E-state index contributed by atoms with van der Waals surface area (Å²) in [5, 5.41) is 20.7. The second-order valence-electron chi connectivity index (χ2n) is 5.58. The number of amides is 1.